The van der Waals surface area contributed by atoms with Crippen LogP contribution in [0.4, 0.5) is 0 Å². The number of nitrogens with one attached hydrogen (secondary N) is 1. The Bertz CT molecular complexity index is 150. The number of halogens is 1. The zero-order chi connectivity index (χ0) is 10.3. The first-order valence-electron chi connectivity index (χ1n) is 5.07. The Kier molecular flexibility index (Phi) is 10.00. The molecular weight excluding hydrogens is 240 g/mol. The maximum atomic E-state index is 3.85. The summed E-state index contributed by atoms with van der Waals surface area (Å²) in [6.45, 7) is 9.24. The van der Waals surface area contributed by atoms with Gasteiger partial charge in [-0.1, -0.05) is 12.2 Å². The highest BCUT2D eigenvalue weighted by molar-refractivity contribution is 4.90. The number of hydrogen-bond acceptors (Lipinski definition) is 1. The van der Waals surface area contributed by atoms with Crippen LogP contribution in [0.1, 0.15) is 19.8 Å². The van der Waals surface area contributed by atoms with Crippen molar-refractivity contribution in [2.45, 2.75) is 19.8 Å². The van der Waals surface area contributed by atoms with Crippen molar-refractivity contribution < 1.29 is 21.5 Å². The molecule has 14 heavy (non-hydrogen) atoms. The monoisotopic (exact) mass is 264 g/mol. The first-order valence-corrected chi connectivity index (χ1v) is 5.07. The second-order valence-corrected chi connectivity index (χ2v) is 4.85. The molecule has 0 bridgehead atoms. The zero-order valence-corrected chi connectivity index (χ0v) is 11.7. The summed E-state index contributed by atoms with van der Waals surface area (Å²) in [5, 5.41) is 3.36. The van der Waals surface area contributed by atoms with Crippen LogP contribution in [0.15, 0.2) is 12.2 Å². The molecule has 2 nitrogen and oxygen atoms in total. The van der Waals surface area contributed by atoms with Gasteiger partial charge in [0.2, 0.25) is 0 Å². The quantitative estimate of drug-likeness (QED) is 0.341. The van der Waals surface area contributed by atoms with Gasteiger partial charge in [-0.25, -0.2) is 0 Å². The van der Waals surface area contributed by atoms with Gasteiger partial charge in [0.15, 0.2) is 0 Å². The van der Waals surface area contributed by atoms with Crippen molar-refractivity contribution in [1.29, 1.82) is 0 Å². The maximum absolute atomic E-state index is 3.85. The van der Waals surface area contributed by atoms with Crippen LogP contribution in [-0.4, -0.2) is 45.3 Å². The van der Waals surface area contributed by atoms with Gasteiger partial charge in [-0.3, -0.25) is 0 Å². The van der Waals surface area contributed by atoms with E-state index in [4.69, 9.17) is 0 Å². The van der Waals surface area contributed by atoms with Crippen LogP contribution in [0.25, 0.3) is 0 Å². The van der Waals surface area contributed by atoms with Gasteiger partial charge in [0.1, 0.15) is 0 Å². The van der Waals surface area contributed by atoms with E-state index in [2.05, 4.69) is 40.0 Å². The molecule has 0 aliphatic heterocycles. The summed E-state index contributed by atoms with van der Waals surface area (Å²) < 4.78 is 1.07. The zero-order valence-electron chi connectivity index (χ0n) is 10.1. The molecule has 86 valence electrons. The second kappa shape index (κ2) is 8.45. The van der Waals surface area contributed by atoms with Gasteiger partial charge in [0.25, 0.3) is 0 Å². The summed E-state index contributed by atoms with van der Waals surface area (Å²) in [6.07, 6.45) is 2.56. The Morgan fingerprint density at radius 2 is 1.79 bits per heavy atom. The Labute approximate surface area is 99.7 Å². The molecule has 0 aliphatic carbocycles. The summed E-state index contributed by atoms with van der Waals surface area (Å²) in [4.78, 5) is 0. The number of rotatable bonds is 7. The van der Waals surface area contributed by atoms with Crippen molar-refractivity contribution >= 4 is 0 Å². The minimum absolute atomic E-state index is 0. The minimum Gasteiger partial charge on any atom is -1.00 e. The van der Waals surface area contributed by atoms with Crippen LogP contribution >= 0.6 is 0 Å². The van der Waals surface area contributed by atoms with Crippen LogP contribution < -0.4 is 22.3 Å². The van der Waals surface area contributed by atoms with Gasteiger partial charge in [0.05, 0.1) is 27.7 Å². The lowest BCUT2D eigenvalue weighted by Crippen LogP contribution is -3.00. The third kappa shape index (κ3) is 14.7. The largest absolute Gasteiger partial charge is 1.00 e. The highest BCUT2D eigenvalue weighted by atomic mass is 79.9. The molecule has 0 radical (unpaired) electrons. The molecule has 0 aromatic heterocycles. The first kappa shape index (κ1) is 16.6. The van der Waals surface area contributed by atoms with Gasteiger partial charge >= 0.3 is 0 Å². The molecule has 1 N–H and O–H groups in total. The minimum atomic E-state index is 0. The van der Waals surface area contributed by atoms with Gasteiger partial charge in [-0.2, -0.15) is 0 Å². The van der Waals surface area contributed by atoms with Crippen LogP contribution in [0.5, 0.6) is 0 Å². The van der Waals surface area contributed by atoms with Crippen molar-refractivity contribution in [3.63, 3.8) is 0 Å². The number of quaternary nitrogens is 1. The van der Waals surface area contributed by atoms with E-state index in [0.29, 0.717) is 0 Å². The molecule has 0 heterocycles. The van der Waals surface area contributed by atoms with Crippen molar-refractivity contribution in [2.75, 3.05) is 40.8 Å². The van der Waals surface area contributed by atoms with E-state index < -0.39 is 0 Å². The number of unbranched alkanes of at least 4 members (excludes halogenated alkanes) is 1. The Hall–Kier alpha value is 0.140. The topological polar surface area (TPSA) is 12.0 Å². The van der Waals surface area contributed by atoms with Crippen LogP contribution in [0.3, 0.4) is 0 Å². The van der Waals surface area contributed by atoms with Crippen LogP contribution in [-0.2, 0) is 0 Å². The van der Waals surface area contributed by atoms with Gasteiger partial charge in [-0.15, -0.1) is 0 Å². The fourth-order valence-corrected chi connectivity index (χ4v) is 1.14. The molecule has 0 atom stereocenters. The molecule has 0 fully saturated rings. The predicted molar refractivity (Wildman–Crippen MR) is 59.8 cm³/mol. The summed E-state index contributed by atoms with van der Waals surface area (Å²) in [7, 11) is 6.71. The lowest BCUT2D eigenvalue weighted by Gasteiger charge is -2.23. The molecule has 0 spiro atoms. The molecule has 0 saturated carbocycles. The SMILES string of the molecule is C=C(C)CNCCCC[N+](C)(C)C.[Br-]. The highest BCUT2D eigenvalue weighted by Gasteiger charge is 2.04. The normalized spacial score (nSPS) is 10.9. The lowest BCUT2D eigenvalue weighted by atomic mass is 10.2. The highest BCUT2D eigenvalue weighted by Crippen LogP contribution is 1.96. The first-order chi connectivity index (χ1) is 5.92. The van der Waals surface area contributed by atoms with Crippen molar-refractivity contribution in [3.05, 3.63) is 12.2 Å². The Morgan fingerprint density at radius 1 is 1.21 bits per heavy atom. The molecular formula is C11H25BrN2. The van der Waals surface area contributed by atoms with Crippen molar-refractivity contribution in [2.24, 2.45) is 0 Å². The van der Waals surface area contributed by atoms with Gasteiger partial charge < -0.3 is 26.8 Å². The lowest BCUT2D eigenvalue weighted by molar-refractivity contribution is -0.870. The second-order valence-electron chi connectivity index (χ2n) is 4.85. The fourth-order valence-electron chi connectivity index (χ4n) is 1.14. The molecule has 3 heteroatoms. The van der Waals surface area contributed by atoms with E-state index in [9.17, 15) is 0 Å². The predicted octanol–water partition coefficient (Wildman–Crippen LogP) is -1.36. The standard InChI is InChI=1S/C11H25N2.BrH/c1-11(2)10-12-8-6-7-9-13(3,4)5;/h12H,1,6-10H2,2-5H3;1H/q+1;/p-1. The molecule has 0 amide bonds. The third-order valence-electron chi connectivity index (χ3n) is 1.86. The summed E-state index contributed by atoms with van der Waals surface area (Å²) in [5.74, 6) is 0. The molecule has 0 aliphatic rings. The van der Waals surface area contributed by atoms with E-state index >= 15 is 0 Å². The Morgan fingerprint density at radius 3 is 2.21 bits per heavy atom. The van der Waals surface area contributed by atoms with E-state index in [0.717, 1.165) is 17.6 Å². The van der Waals surface area contributed by atoms with Crippen LogP contribution in [0, 0.1) is 0 Å². The van der Waals surface area contributed by atoms with Crippen molar-refractivity contribution in [3.8, 4) is 0 Å². The molecule has 0 aromatic rings. The number of nitrogens with zero attached hydrogens (tertiary/aromatic N) is 1. The van der Waals surface area contributed by atoms with E-state index in [1.54, 1.807) is 0 Å². The average Bonchev–Trinajstić information content (AvgIpc) is 1.93. The van der Waals surface area contributed by atoms with E-state index in [1.165, 1.54) is 25.0 Å². The number of hydrogen-bond donors (Lipinski definition) is 1. The molecule has 0 unspecified atom stereocenters. The molecule has 0 saturated heterocycles. The van der Waals surface area contributed by atoms with E-state index in [1.807, 2.05) is 0 Å². The smallest absolute Gasteiger partial charge is 0.0780 e. The fraction of sp³-hybridized carbons (Fsp3) is 0.818. The maximum Gasteiger partial charge on any atom is 0.0780 e. The van der Waals surface area contributed by atoms with Gasteiger partial charge in [0, 0.05) is 6.54 Å². The van der Waals surface area contributed by atoms with Crippen molar-refractivity contribution in [1.82, 2.24) is 5.32 Å². The van der Waals surface area contributed by atoms with E-state index in [-0.39, 0.29) is 17.0 Å². The van der Waals surface area contributed by atoms with Crippen LogP contribution in [0.2, 0.25) is 0 Å². The third-order valence-corrected chi connectivity index (χ3v) is 1.86. The van der Waals surface area contributed by atoms with Gasteiger partial charge in [-0.05, 0) is 26.3 Å². The average molecular weight is 265 g/mol. The summed E-state index contributed by atoms with van der Waals surface area (Å²) in [5.41, 5.74) is 1.21. The molecule has 0 rings (SSSR count). The molecule has 0 aromatic carbocycles. The summed E-state index contributed by atoms with van der Waals surface area (Å²) >= 11 is 0. The Balaban J connectivity index is 0. The summed E-state index contributed by atoms with van der Waals surface area (Å²) in [6, 6.07) is 0.